The molecule has 1 aliphatic heterocycles. The molecule has 0 spiro atoms. The highest BCUT2D eigenvalue weighted by atomic mass is 16.5. The van der Waals surface area contributed by atoms with Gasteiger partial charge in [0.2, 0.25) is 5.75 Å². The molecule has 1 aromatic carbocycles. The first-order valence-electron chi connectivity index (χ1n) is 10.1. The maximum atomic E-state index is 5.66. The molecule has 5 heteroatoms. The van der Waals surface area contributed by atoms with Crippen LogP contribution in [-0.2, 0) is 6.54 Å². The normalized spacial score (nSPS) is 29.2. The lowest BCUT2D eigenvalue weighted by Gasteiger charge is -2.39. The number of hydrogen-bond donors (Lipinski definition) is 2. The van der Waals surface area contributed by atoms with Crippen LogP contribution in [0, 0.1) is 5.92 Å². The molecule has 0 bridgehead atoms. The van der Waals surface area contributed by atoms with Crippen LogP contribution in [0.25, 0.3) is 0 Å². The Labute approximate surface area is 158 Å². The second-order valence-corrected chi connectivity index (χ2v) is 7.95. The molecule has 0 amide bonds. The van der Waals surface area contributed by atoms with Gasteiger partial charge in [-0.05, 0) is 31.4 Å². The van der Waals surface area contributed by atoms with Crippen LogP contribution in [0.5, 0.6) is 17.2 Å². The van der Waals surface area contributed by atoms with Crippen molar-refractivity contribution < 1.29 is 24.0 Å². The van der Waals surface area contributed by atoms with Gasteiger partial charge in [0.15, 0.2) is 11.5 Å². The van der Waals surface area contributed by atoms with E-state index in [9.17, 15) is 0 Å². The van der Waals surface area contributed by atoms with E-state index < -0.39 is 0 Å². The van der Waals surface area contributed by atoms with Crippen LogP contribution >= 0.6 is 0 Å². The van der Waals surface area contributed by atoms with E-state index in [1.807, 2.05) is 11.0 Å². The highest BCUT2D eigenvalue weighted by Crippen LogP contribution is 2.39. The number of benzene rings is 1. The average Bonchev–Trinajstić information content (AvgIpc) is 2.68. The molecule has 3 rings (SSSR count). The van der Waals surface area contributed by atoms with Crippen LogP contribution in [0.4, 0.5) is 0 Å². The predicted octanol–water partition coefficient (Wildman–Crippen LogP) is 0.575. The average molecular weight is 365 g/mol. The van der Waals surface area contributed by atoms with Gasteiger partial charge in [0.25, 0.3) is 0 Å². The smallest absolute Gasteiger partial charge is 0.203 e. The molecule has 0 radical (unpaired) electrons. The Morgan fingerprint density at radius 3 is 2.19 bits per heavy atom. The maximum absolute atomic E-state index is 5.66. The fourth-order valence-corrected chi connectivity index (χ4v) is 4.97. The van der Waals surface area contributed by atoms with Gasteiger partial charge in [-0.15, -0.1) is 0 Å². The number of nitrogens with one attached hydrogen (secondary N) is 2. The fourth-order valence-electron chi connectivity index (χ4n) is 4.97. The number of ether oxygens (including phenoxy) is 3. The summed E-state index contributed by atoms with van der Waals surface area (Å²) < 4.78 is 16.6. The first kappa shape index (κ1) is 19.3. The zero-order valence-corrected chi connectivity index (χ0v) is 16.9. The first-order valence-corrected chi connectivity index (χ1v) is 10.1. The van der Waals surface area contributed by atoms with Crippen LogP contribution in [0.2, 0.25) is 0 Å². The fraction of sp³-hybridized carbons (Fsp3) is 0.714. The Morgan fingerprint density at radius 1 is 0.885 bits per heavy atom. The van der Waals surface area contributed by atoms with Gasteiger partial charge in [0.1, 0.15) is 32.7 Å². The third kappa shape index (κ3) is 4.09. The summed E-state index contributed by atoms with van der Waals surface area (Å²) in [6.07, 6.45) is 5.71. The SMILES string of the molecule is COc1ccc(C[NH+]2CC[NH+]([C@@H]3CCCC[C@H]3C)CC2)c(OC)c1OC. The zero-order valence-electron chi connectivity index (χ0n) is 16.9. The molecule has 2 aliphatic rings. The lowest BCUT2D eigenvalue weighted by Crippen LogP contribution is -3.29. The Kier molecular flexibility index (Phi) is 6.65. The van der Waals surface area contributed by atoms with Gasteiger partial charge in [-0.1, -0.05) is 13.3 Å². The van der Waals surface area contributed by atoms with Gasteiger partial charge in [-0.3, -0.25) is 0 Å². The van der Waals surface area contributed by atoms with Crippen molar-refractivity contribution in [2.75, 3.05) is 47.5 Å². The highest BCUT2D eigenvalue weighted by molar-refractivity contribution is 5.55. The van der Waals surface area contributed by atoms with Crippen molar-refractivity contribution in [3.63, 3.8) is 0 Å². The number of piperazine rings is 1. The number of quaternary nitrogens is 2. The summed E-state index contributed by atoms with van der Waals surface area (Å²) in [5.74, 6) is 3.14. The molecule has 0 unspecified atom stereocenters. The first-order chi connectivity index (χ1) is 12.7. The van der Waals surface area contributed by atoms with E-state index >= 15 is 0 Å². The number of rotatable bonds is 6. The largest absolute Gasteiger partial charge is 0.493 e. The summed E-state index contributed by atoms with van der Waals surface area (Å²) in [5.41, 5.74) is 1.20. The van der Waals surface area contributed by atoms with Gasteiger partial charge >= 0.3 is 0 Å². The van der Waals surface area contributed by atoms with Crippen LogP contribution in [-0.4, -0.2) is 53.6 Å². The van der Waals surface area contributed by atoms with Crippen molar-refractivity contribution in [1.82, 2.24) is 0 Å². The minimum atomic E-state index is 0.701. The van der Waals surface area contributed by atoms with Crippen LogP contribution in [0.1, 0.15) is 38.2 Å². The van der Waals surface area contributed by atoms with E-state index in [0.717, 1.165) is 30.0 Å². The van der Waals surface area contributed by atoms with E-state index in [1.165, 1.54) is 57.4 Å². The summed E-state index contributed by atoms with van der Waals surface area (Å²) >= 11 is 0. The molecule has 1 saturated heterocycles. The topological polar surface area (TPSA) is 36.6 Å². The molecule has 1 aromatic rings. The van der Waals surface area contributed by atoms with Gasteiger partial charge in [0, 0.05) is 5.92 Å². The van der Waals surface area contributed by atoms with Crippen molar-refractivity contribution in [2.45, 2.75) is 45.2 Å². The molecule has 2 N–H and O–H groups in total. The van der Waals surface area contributed by atoms with Crippen LogP contribution in [0.3, 0.4) is 0 Å². The van der Waals surface area contributed by atoms with E-state index in [1.54, 1.807) is 26.2 Å². The molecular weight excluding hydrogens is 328 g/mol. The molecule has 1 saturated carbocycles. The quantitative estimate of drug-likeness (QED) is 0.775. The summed E-state index contributed by atoms with van der Waals surface area (Å²) in [6, 6.07) is 5.00. The van der Waals surface area contributed by atoms with Crippen LogP contribution < -0.4 is 24.0 Å². The van der Waals surface area contributed by atoms with Crippen molar-refractivity contribution in [3.05, 3.63) is 17.7 Å². The molecule has 26 heavy (non-hydrogen) atoms. The third-order valence-electron chi connectivity index (χ3n) is 6.46. The third-order valence-corrected chi connectivity index (χ3v) is 6.46. The molecule has 5 nitrogen and oxygen atoms in total. The maximum Gasteiger partial charge on any atom is 0.203 e. The Morgan fingerprint density at radius 2 is 1.58 bits per heavy atom. The lowest BCUT2D eigenvalue weighted by molar-refractivity contribution is -1.03. The summed E-state index contributed by atoms with van der Waals surface area (Å²) in [5, 5.41) is 0. The van der Waals surface area contributed by atoms with E-state index in [2.05, 4.69) is 13.0 Å². The molecular formula is C21H36N2O3+2. The van der Waals surface area contributed by atoms with Crippen molar-refractivity contribution in [3.8, 4) is 17.2 Å². The summed E-state index contributed by atoms with van der Waals surface area (Å²) in [4.78, 5) is 3.49. The summed E-state index contributed by atoms with van der Waals surface area (Å²) in [7, 11) is 5.05. The Bertz CT molecular complexity index is 585. The van der Waals surface area contributed by atoms with Crippen molar-refractivity contribution >= 4 is 0 Å². The van der Waals surface area contributed by atoms with E-state index in [0.29, 0.717) is 5.75 Å². The minimum Gasteiger partial charge on any atom is -0.493 e. The minimum absolute atomic E-state index is 0.701. The van der Waals surface area contributed by atoms with E-state index in [4.69, 9.17) is 14.2 Å². The van der Waals surface area contributed by atoms with Crippen LogP contribution in [0.15, 0.2) is 12.1 Å². The number of hydrogen-bond acceptors (Lipinski definition) is 3. The van der Waals surface area contributed by atoms with Crippen molar-refractivity contribution in [1.29, 1.82) is 0 Å². The van der Waals surface area contributed by atoms with Gasteiger partial charge in [-0.25, -0.2) is 0 Å². The standard InChI is InChI=1S/C21H34N2O3/c1-16-7-5-6-8-18(16)23-13-11-22(12-14-23)15-17-9-10-19(24-2)21(26-4)20(17)25-3/h9-10,16,18H,5-8,11-15H2,1-4H3/p+2/t16-,18-/m1/s1. The Balaban J connectivity index is 1.62. The van der Waals surface area contributed by atoms with E-state index in [-0.39, 0.29) is 0 Å². The molecule has 2 atom stereocenters. The lowest BCUT2D eigenvalue weighted by atomic mass is 9.84. The van der Waals surface area contributed by atoms with Crippen molar-refractivity contribution in [2.24, 2.45) is 5.92 Å². The molecule has 0 aromatic heterocycles. The Hall–Kier alpha value is -1.46. The highest BCUT2D eigenvalue weighted by Gasteiger charge is 2.34. The molecule has 1 heterocycles. The molecule has 1 aliphatic carbocycles. The number of methoxy groups -OCH3 is 3. The zero-order chi connectivity index (χ0) is 18.5. The van der Waals surface area contributed by atoms with Gasteiger partial charge in [0.05, 0.1) is 32.9 Å². The molecule has 2 fully saturated rings. The molecule has 146 valence electrons. The monoisotopic (exact) mass is 364 g/mol. The summed E-state index contributed by atoms with van der Waals surface area (Å²) in [6.45, 7) is 8.49. The van der Waals surface area contributed by atoms with Gasteiger partial charge < -0.3 is 24.0 Å². The predicted molar refractivity (Wildman–Crippen MR) is 103 cm³/mol. The second kappa shape index (κ2) is 8.96. The second-order valence-electron chi connectivity index (χ2n) is 7.95. The van der Waals surface area contributed by atoms with Gasteiger partial charge in [-0.2, -0.15) is 0 Å².